The van der Waals surface area contributed by atoms with Crippen molar-refractivity contribution in [3.63, 3.8) is 0 Å². The Hall–Kier alpha value is -2.93. The highest BCUT2D eigenvalue weighted by Gasteiger charge is 2.37. The fourth-order valence-corrected chi connectivity index (χ4v) is 4.54. The van der Waals surface area contributed by atoms with E-state index in [9.17, 15) is 29.1 Å². The summed E-state index contributed by atoms with van der Waals surface area (Å²) < 4.78 is 10.7. The average Bonchev–Trinajstić information content (AvgIpc) is 3.53. The SMILES string of the molecule is C[C@H](NC(=O)[C@@H]1CCCN1C(=O)OCCN1CCOCC1)C(=O)NCC(=O)N1CCC[C@H]1C(=O)O. The summed E-state index contributed by atoms with van der Waals surface area (Å²) in [6.45, 7) is 5.55. The number of aliphatic carboxylic acids is 1. The number of carbonyl (C=O) groups excluding carboxylic acids is 4. The van der Waals surface area contributed by atoms with Crippen molar-refractivity contribution in [3.05, 3.63) is 0 Å². The van der Waals surface area contributed by atoms with E-state index in [-0.39, 0.29) is 13.2 Å². The highest BCUT2D eigenvalue weighted by Crippen LogP contribution is 2.19. The van der Waals surface area contributed by atoms with Gasteiger partial charge in [-0.25, -0.2) is 9.59 Å². The Kier molecular flexibility index (Phi) is 9.66. The van der Waals surface area contributed by atoms with Gasteiger partial charge in [0.2, 0.25) is 17.7 Å². The number of carboxylic acid groups (broad SMARTS) is 1. The molecule has 0 radical (unpaired) electrons. The standard InChI is InChI=1S/C22H35N5O8/c1-15(19(29)23-14-18(28)26-6-3-5-17(26)21(31)32)24-20(30)16-4-2-7-27(16)22(33)35-13-10-25-8-11-34-12-9-25/h15-17H,2-14H2,1H3,(H,23,29)(H,24,30)(H,31,32)/t15-,16-,17-/m0/s1. The van der Waals surface area contributed by atoms with Crippen LogP contribution in [-0.2, 0) is 28.7 Å². The van der Waals surface area contributed by atoms with Crippen LogP contribution in [0.3, 0.4) is 0 Å². The van der Waals surface area contributed by atoms with E-state index < -0.39 is 47.9 Å². The predicted octanol–water partition coefficient (Wildman–Crippen LogP) is -1.38. The Bertz CT molecular complexity index is 803. The normalized spacial score (nSPS) is 23.6. The summed E-state index contributed by atoms with van der Waals surface area (Å²) >= 11 is 0. The summed E-state index contributed by atoms with van der Waals surface area (Å²) in [5, 5.41) is 14.2. The van der Waals surface area contributed by atoms with Crippen LogP contribution in [0.4, 0.5) is 4.79 Å². The van der Waals surface area contributed by atoms with Gasteiger partial charge in [-0.05, 0) is 32.6 Å². The minimum absolute atomic E-state index is 0.219. The quantitative estimate of drug-likeness (QED) is 0.349. The molecule has 35 heavy (non-hydrogen) atoms. The van der Waals surface area contributed by atoms with Crippen LogP contribution in [0.25, 0.3) is 0 Å². The minimum atomic E-state index is -1.07. The third-order valence-electron chi connectivity index (χ3n) is 6.55. The summed E-state index contributed by atoms with van der Waals surface area (Å²) in [6, 6.07) is -2.55. The molecule has 196 valence electrons. The second kappa shape index (κ2) is 12.7. The molecule has 0 aromatic heterocycles. The molecular formula is C22H35N5O8. The van der Waals surface area contributed by atoms with Crippen molar-refractivity contribution in [1.82, 2.24) is 25.3 Å². The van der Waals surface area contributed by atoms with Gasteiger partial charge in [0.25, 0.3) is 0 Å². The molecular weight excluding hydrogens is 462 g/mol. The van der Waals surface area contributed by atoms with Crippen molar-refractivity contribution < 1.29 is 38.6 Å². The molecule has 3 N–H and O–H groups in total. The third kappa shape index (κ3) is 7.28. The van der Waals surface area contributed by atoms with Crippen LogP contribution in [0.1, 0.15) is 32.6 Å². The zero-order valence-electron chi connectivity index (χ0n) is 20.1. The summed E-state index contributed by atoms with van der Waals surface area (Å²) in [5.41, 5.74) is 0. The van der Waals surface area contributed by atoms with Gasteiger partial charge in [-0.1, -0.05) is 0 Å². The lowest BCUT2D eigenvalue weighted by Gasteiger charge is -2.27. The fraction of sp³-hybridized carbons (Fsp3) is 0.773. The molecule has 0 aromatic rings. The first-order valence-corrected chi connectivity index (χ1v) is 12.1. The Morgan fingerprint density at radius 1 is 1.00 bits per heavy atom. The van der Waals surface area contributed by atoms with Gasteiger partial charge in [0.1, 0.15) is 24.7 Å². The van der Waals surface area contributed by atoms with Crippen molar-refractivity contribution in [1.29, 1.82) is 0 Å². The number of nitrogens with one attached hydrogen (secondary N) is 2. The monoisotopic (exact) mass is 497 g/mol. The number of morpholine rings is 1. The Morgan fingerprint density at radius 3 is 2.34 bits per heavy atom. The molecule has 13 nitrogen and oxygen atoms in total. The van der Waals surface area contributed by atoms with Gasteiger partial charge in [0, 0.05) is 32.7 Å². The number of hydrogen-bond donors (Lipinski definition) is 3. The van der Waals surface area contributed by atoms with E-state index in [4.69, 9.17) is 9.47 Å². The zero-order valence-corrected chi connectivity index (χ0v) is 20.1. The second-order valence-corrected chi connectivity index (χ2v) is 8.95. The number of carboxylic acids is 1. The van der Waals surface area contributed by atoms with Crippen LogP contribution < -0.4 is 10.6 Å². The molecule has 13 heteroatoms. The molecule has 0 bridgehead atoms. The largest absolute Gasteiger partial charge is 0.480 e. The van der Waals surface area contributed by atoms with E-state index >= 15 is 0 Å². The van der Waals surface area contributed by atoms with E-state index in [0.717, 1.165) is 13.1 Å². The highest BCUT2D eigenvalue weighted by atomic mass is 16.6. The third-order valence-corrected chi connectivity index (χ3v) is 6.55. The fourth-order valence-electron chi connectivity index (χ4n) is 4.54. The molecule has 3 saturated heterocycles. The first-order valence-electron chi connectivity index (χ1n) is 12.1. The molecule has 3 aliphatic heterocycles. The summed E-state index contributed by atoms with van der Waals surface area (Å²) in [7, 11) is 0. The smallest absolute Gasteiger partial charge is 0.410 e. The Balaban J connectivity index is 1.40. The maximum absolute atomic E-state index is 12.8. The minimum Gasteiger partial charge on any atom is -0.480 e. The van der Waals surface area contributed by atoms with Crippen LogP contribution >= 0.6 is 0 Å². The Morgan fingerprint density at radius 2 is 1.66 bits per heavy atom. The zero-order chi connectivity index (χ0) is 25.4. The van der Waals surface area contributed by atoms with Crippen LogP contribution in [0.15, 0.2) is 0 Å². The highest BCUT2D eigenvalue weighted by molar-refractivity contribution is 5.93. The van der Waals surface area contributed by atoms with Crippen molar-refractivity contribution in [3.8, 4) is 0 Å². The van der Waals surface area contributed by atoms with Gasteiger partial charge < -0.3 is 30.1 Å². The molecule has 0 aliphatic carbocycles. The first-order chi connectivity index (χ1) is 16.8. The van der Waals surface area contributed by atoms with Crippen LogP contribution in [0.2, 0.25) is 0 Å². The van der Waals surface area contributed by atoms with Gasteiger partial charge in [0.05, 0.1) is 19.8 Å². The van der Waals surface area contributed by atoms with Crippen LogP contribution in [-0.4, -0.2) is 127 Å². The van der Waals surface area contributed by atoms with E-state index in [2.05, 4.69) is 15.5 Å². The van der Waals surface area contributed by atoms with E-state index in [1.165, 1.54) is 16.7 Å². The first kappa shape index (κ1) is 26.7. The number of carbonyl (C=O) groups is 5. The molecule has 0 aromatic carbocycles. The number of likely N-dealkylation sites (tertiary alicyclic amines) is 2. The molecule has 3 aliphatic rings. The molecule has 0 spiro atoms. The molecule has 4 amide bonds. The molecule has 3 heterocycles. The lowest BCUT2D eigenvalue weighted by atomic mass is 10.2. The van der Waals surface area contributed by atoms with Gasteiger partial charge in [0.15, 0.2) is 0 Å². The second-order valence-electron chi connectivity index (χ2n) is 8.95. The van der Waals surface area contributed by atoms with Crippen molar-refractivity contribution in [2.24, 2.45) is 0 Å². The van der Waals surface area contributed by atoms with Gasteiger partial charge in [-0.2, -0.15) is 0 Å². The number of nitrogens with zero attached hydrogens (tertiary/aromatic N) is 3. The van der Waals surface area contributed by atoms with E-state index in [1.54, 1.807) is 0 Å². The molecule has 3 rings (SSSR count). The lowest BCUT2D eigenvalue weighted by molar-refractivity contribution is -0.148. The summed E-state index contributed by atoms with van der Waals surface area (Å²) in [6.07, 6.45) is 1.53. The molecule has 0 saturated carbocycles. The maximum Gasteiger partial charge on any atom is 0.410 e. The topological polar surface area (TPSA) is 158 Å². The number of ether oxygens (including phenoxy) is 2. The van der Waals surface area contributed by atoms with Gasteiger partial charge in [-0.3, -0.25) is 24.2 Å². The van der Waals surface area contributed by atoms with Crippen molar-refractivity contribution in [2.75, 3.05) is 59.1 Å². The average molecular weight is 498 g/mol. The number of hydrogen-bond acceptors (Lipinski definition) is 8. The number of amides is 4. The van der Waals surface area contributed by atoms with Crippen LogP contribution in [0.5, 0.6) is 0 Å². The van der Waals surface area contributed by atoms with E-state index in [0.29, 0.717) is 58.5 Å². The van der Waals surface area contributed by atoms with Crippen LogP contribution in [0, 0.1) is 0 Å². The molecule has 3 fully saturated rings. The maximum atomic E-state index is 12.8. The van der Waals surface area contributed by atoms with Crippen molar-refractivity contribution >= 4 is 29.8 Å². The van der Waals surface area contributed by atoms with Crippen molar-refractivity contribution in [2.45, 2.75) is 50.7 Å². The molecule has 0 unspecified atom stereocenters. The summed E-state index contributed by atoms with van der Waals surface area (Å²) in [4.78, 5) is 66.0. The predicted molar refractivity (Wildman–Crippen MR) is 121 cm³/mol. The lowest BCUT2D eigenvalue weighted by Crippen LogP contribution is -2.53. The van der Waals surface area contributed by atoms with Gasteiger partial charge in [-0.15, -0.1) is 0 Å². The molecule has 3 atom stereocenters. The number of rotatable bonds is 9. The summed E-state index contributed by atoms with van der Waals surface area (Å²) in [5.74, 6) is -2.59. The van der Waals surface area contributed by atoms with Gasteiger partial charge >= 0.3 is 12.1 Å². The Labute approximate surface area is 204 Å². The van der Waals surface area contributed by atoms with E-state index in [1.807, 2.05) is 0 Å².